The van der Waals surface area contributed by atoms with Crippen molar-refractivity contribution in [2.24, 2.45) is 0 Å². The third-order valence-corrected chi connectivity index (χ3v) is 1.32. The van der Waals surface area contributed by atoms with Crippen LogP contribution in [0, 0.1) is 0 Å². The van der Waals surface area contributed by atoms with Crippen molar-refractivity contribution in [1.29, 1.82) is 0 Å². The van der Waals surface area contributed by atoms with E-state index in [0.29, 0.717) is 6.10 Å². The third kappa shape index (κ3) is 3.64. The smallest absolute Gasteiger partial charge is 0.104 e. The van der Waals surface area contributed by atoms with Crippen molar-refractivity contribution < 1.29 is 9.47 Å². The predicted molar refractivity (Wildman–Crippen MR) is 40.0 cm³/mol. The van der Waals surface area contributed by atoms with Crippen LogP contribution in [0.15, 0.2) is 12.2 Å². The molecule has 1 aliphatic rings. The average Bonchev–Trinajstić information content (AvgIpc) is 2.71. The molecule has 0 radical (unpaired) electrons. The monoisotopic (exact) mass is 142 g/mol. The van der Waals surface area contributed by atoms with E-state index in [4.69, 9.17) is 9.47 Å². The van der Waals surface area contributed by atoms with Gasteiger partial charge in [-0.1, -0.05) is 19.1 Å². The molecule has 0 aromatic carbocycles. The minimum absolute atomic E-state index is 0.398. The molecule has 0 N–H and O–H groups in total. The van der Waals surface area contributed by atoms with E-state index in [9.17, 15) is 0 Å². The van der Waals surface area contributed by atoms with Crippen LogP contribution in [-0.2, 0) is 9.47 Å². The lowest BCUT2D eigenvalue weighted by Gasteiger charge is -1.94. The number of epoxide rings is 1. The number of allylic oxidation sites excluding steroid dienone is 1. The second-order valence-corrected chi connectivity index (χ2v) is 2.37. The van der Waals surface area contributed by atoms with E-state index >= 15 is 0 Å². The molecule has 0 amide bonds. The van der Waals surface area contributed by atoms with Gasteiger partial charge in [0.2, 0.25) is 0 Å². The molecule has 0 aromatic rings. The first-order chi connectivity index (χ1) is 4.93. The number of rotatable bonds is 5. The Morgan fingerprint density at radius 2 is 2.40 bits per heavy atom. The standard InChI is InChI=1S/C8H14O2/c1-2-3-4-5-9-6-8-7-10-8/h3-4,8H,2,5-7H2,1H3/b4-3+. The maximum atomic E-state index is 5.25. The van der Waals surface area contributed by atoms with Gasteiger partial charge in [0, 0.05) is 0 Å². The second-order valence-electron chi connectivity index (χ2n) is 2.37. The first-order valence-corrected chi connectivity index (χ1v) is 3.78. The van der Waals surface area contributed by atoms with Gasteiger partial charge in [-0.25, -0.2) is 0 Å². The quantitative estimate of drug-likeness (QED) is 0.328. The van der Waals surface area contributed by atoms with Crippen molar-refractivity contribution in [3.05, 3.63) is 12.2 Å². The van der Waals surface area contributed by atoms with E-state index in [1.807, 2.05) is 6.08 Å². The summed E-state index contributed by atoms with van der Waals surface area (Å²) in [4.78, 5) is 0. The summed E-state index contributed by atoms with van der Waals surface area (Å²) in [5, 5.41) is 0. The lowest BCUT2D eigenvalue weighted by molar-refractivity contribution is 0.141. The Bertz CT molecular complexity index is 106. The molecule has 1 aliphatic heterocycles. The fourth-order valence-electron chi connectivity index (χ4n) is 0.667. The van der Waals surface area contributed by atoms with Crippen LogP contribution in [-0.4, -0.2) is 25.9 Å². The van der Waals surface area contributed by atoms with Crippen molar-refractivity contribution in [3.8, 4) is 0 Å². The van der Waals surface area contributed by atoms with Gasteiger partial charge in [-0.15, -0.1) is 0 Å². The van der Waals surface area contributed by atoms with Crippen LogP contribution in [0.5, 0.6) is 0 Å². The Kier molecular flexibility index (Phi) is 3.47. The summed E-state index contributed by atoms with van der Waals surface area (Å²) in [7, 11) is 0. The summed E-state index contributed by atoms with van der Waals surface area (Å²) >= 11 is 0. The molecule has 1 saturated heterocycles. The zero-order chi connectivity index (χ0) is 7.23. The molecule has 1 unspecified atom stereocenters. The van der Waals surface area contributed by atoms with Gasteiger partial charge >= 0.3 is 0 Å². The molecule has 10 heavy (non-hydrogen) atoms. The highest BCUT2D eigenvalue weighted by Gasteiger charge is 2.21. The van der Waals surface area contributed by atoms with Gasteiger partial charge in [-0.3, -0.25) is 0 Å². The van der Waals surface area contributed by atoms with E-state index in [2.05, 4.69) is 13.0 Å². The zero-order valence-electron chi connectivity index (χ0n) is 6.38. The number of hydrogen-bond acceptors (Lipinski definition) is 2. The van der Waals surface area contributed by atoms with Gasteiger partial charge in [-0.05, 0) is 6.42 Å². The SMILES string of the molecule is CC/C=C/COCC1CO1. The molecule has 1 atom stereocenters. The van der Waals surface area contributed by atoms with Crippen molar-refractivity contribution in [1.82, 2.24) is 0 Å². The molecule has 1 heterocycles. The Morgan fingerprint density at radius 3 is 3.00 bits per heavy atom. The van der Waals surface area contributed by atoms with Crippen molar-refractivity contribution in [2.75, 3.05) is 19.8 Å². The Morgan fingerprint density at radius 1 is 1.60 bits per heavy atom. The molecular formula is C8H14O2. The molecule has 58 valence electrons. The zero-order valence-corrected chi connectivity index (χ0v) is 6.38. The van der Waals surface area contributed by atoms with Crippen LogP contribution in [0.3, 0.4) is 0 Å². The van der Waals surface area contributed by atoms with Crippen molar-refractivity contribution in [2.45, 2.75) is 19.4 Å². The Labute approximate surface area is 61.8 Å². The number of ether oxygens (including phenoxy) is 2. The predicted octanol–water partition coefficient (Wildman–Crippen LogP) is 1.37. The van der Waals surface area contributed by atoms with Crippen LogP contribution >= 0.6 is 0 Å². The molecule has 1 fully saturated rings. The van der Waals surface area contributed by atoms with Gasteiger partial charge < -0.3 is 9.47 Å². The maximum absolute atomic E-state index is 5.25. The highest BCUT2D eigenvalue weighted by atomic mass is 16.6. The molecule has 0 spiro atoms. The minimum atomic E-state index is 0.398. The minimum Gasteiger partial charge on any atom is -0.375 e. The second kappa shape index (κ2) is 4.47. The van der Waals surface area contributed by atoms with Gasteiger partial charge in [0.15, 0.2) is 0 Å². The van der Waals surface area contributed by atoms with Gasteiger partial charge in [-0.2, -0.15) is 0 Å². The Balaban J connectivity index is 1.80. The normalized spacial score (nSPS) is 23.9. The van der Waals surface area contributed by atoms with E-state index in [1.54, 1.807) is 0 Å². The van der Waals surface area contributed by atoms with E-state index in [1.165, 1.54) is 0 Å². The van der Waals surface area contributed by atoms with Crippen molar-refractivity contribution >= 4 is 0 Å². The molecule has 0 aromatic heterocycles. The Hall–Kier alpha value is -0.340. The molecular weight excluding hydrogens is 128 g/mol. The molecule has 0 aliphatic carbocycles. The van der Waals surface area contributed by atoms with Crippen molar-refractivity contribution in [3.63, 3.8) is 0 Å². The molecule has 2 nitrogen and oxygen atoms in total. The van der Waals surface area contributed by atoms with Gasteiger partial charge in [0.05, 0.1) is 19.8 Å². The lowest BCUT2D eigenvalue weighted by atomic mass is 10.4. The number of hydrogen-bond donors (Lipinski definition) is 0. The summed E-state index contributed by atoms with van der Waals surface area (Å²) in [6, 6.07) is 0. The lowest BCUT2D eigenvalue weighted by Crippen LogP contribution is -2.00. The van der Waals surface area contributed by atoms with Crippen LogP contribution in [0.25, 0.3) is 0 Å². The first-order valence-electron chi connectivity index (χ1n) is 3.78. The van der Waals surface area contributed by atoms with E-state index < -0.39 is 0 Å². The summed E-state index contributed by atoms with van der Waals surface area (Å²) < 4.78 is 10.2. The molecule has 0 bridgehead atoms. The molecule has 1 rings (SSSR count). The third-order valence-electron chi connectivity index (χ3n) is 1.32. The van der Waals surface area contributed by atoms with Crippen LogP contribution in [0.2, 0.25) is 0 Å². The average molecular weight is 142 g/mol. The molecule has 2 heteroatoms. The first kappa shape index (κ1) is 7.76. The van der Waals surface area contributed by atoms with Gasteiger partial charge in [0.25, 0.3) is 0 Å². The van der Waals surface area contributed by atoms with Crippen LogP contribution in [0.1, 0.15) is 13.3 Å². The summed E-state index contributed by atoms with van der Waals surface area (Å²) in [5.74, 6) is 0. The topological polar surface area (TPSA) is 21.8 Å². The largest absolute Gasteiger partial charge is 0.375 e. The van der Waals surface area contributed by atoms with E-state index in [0.717, 1.165) is 26.2 Å². The van der Waals surface area contributed by atoms with E-state index in [-0.39, 0.29) is 0 Å². The summed E-state index contributed by atoms with van der Waals surface area (Å²) in [5.41, 5.74) is 0. The molecule has 0 saturated carbocycles. The van der Waals surface area contributed by atoms with Crippen LogP contribution < -0.4 is 0 Å². The summed E-state index contributed by atoms with van der Waals surface area (Å²) in [6.45, 7) is 4.49. The fourth-order valence-corrected chi connectivity index (χ4v) is 0.667. The summed E-state index contributed by atoms with van der Waals surface area (Å²) in [6.07, 6.45) is 5.63. The fraction of sp³-hybridized carbons (Fsp3) is 0.750. The van der Waals surface area contributed by atoms with Crippen LogP contribution in [0.4, 0.5) is 0 Å². The highest BCUT2D eigenvalue weighted by molar-refractivity contribution is 4.80. The maximum Gasteiger partial charge on any atom is 0.104 e. The highest BCUT2D eigenvalue weighted by Crippen LogP contribution is 2.07. The van der Waals surface area contributed by atoms with Gasteiger partial charge in [0.1, 0.15) is 6.10 Å².